The summed E-state index contributed by atoms with van der Waals surface area (Å²) in [4.78, 5) is 18.7. The van der Waals surface area contributed by atoms with Gasteiger partial charge in [-0.1, -0.05) is 35.4 Å². The number of rotatable bonds is 5. The van der Waals surface area contributed by atoms with Gasteiger partial charge in [0.25, 0.3) is 5.91 Å². The molecule has 1 amide bonds. The van der Waals surface area contributed by atoms with Crippen LogP contribution in [-0.4, -0.2) is 25.1 Å². The summed E-state index contributed by atoms with van der Waals surface area (Å²) in [5, 5.41) is 4.47. The van der Waals surface area contributed by atoms with E-state index in [0.717, 1.165) is 38.9 Å². The molecule has 0 aliphatic rings. The molecule has 1 heterocycles. The minimum Gasteiger partial charge on any atom is -0.497 e. The lowest BCUT2D eigenvalue weighted by Crippen LogP contribution is -2.16. The monoisotopic (exact) mass is 460 g/mol. The molecule has 4 rings (SSSR count). The average molecular weight is 461 g/mol. The lowest BCUT2D eigenvalue weighted by Gasteiger charge is -2.18. The van der Waals surface area contributed by atoms with Crippen LogP contribution in [0.3, 0.4) is 0 Å². The van der Waals surface area contributed by atoms with Gasteiger partial charge in [-0.3, -0.25) is 4.79 Å². The van der Waals surface area contributed by atoms with E-state index >= 15 is 0 Å². The summed E-state index contributed by atoms with van der Waals surface area (Å²) in [6.07, 6.45) is 0. The van der Waals surface area contributed by atoms with Gasteiger partial charge in [-0.25, -0.2) is 4.98 Å². The number of nitrogens with one attached hydrogen (secondary N) is 1. The highest BCUT2D eigenvalue weighted by atomic mass is 35.5. The van der Waals surface area contributed by atoms with Gasteiger partial charge in [0.05, 0.1) is 36.7 Å². The van der Waals surface area contributed by atoms with Crippen LogP contribution in [0.25, 0.3) is 22.2 Å². The molecule has 33 heavy (non-hydrogen) atoms. The summed E-state index contributed by atoms with van der Waals surface area (Å²) in [6, 6.07) is 16.9. The maximum Gasteiger partial charge on any atom is 0.256 e. The van der Waals surface area contributed by atoms with Gasteiger partial charge in [-0.2, -0.15) is 0 Å². The number of hydrogen-bond acceptors (Lipinski definition) is 4. The van der Waals surface area contributed by atoms with E-state index in [4.69, 9.17) is 26.1 Å². The number of aromatic nitrogens is 1. The summed E-state index contributed by atoms with van der Waals surface area (Å²) < 4.78 is 10.8. The largest absolute Gasteiger partial charge is 0.497 e. The number of ether oxygens (including phenoxy) is 2. The number of hydrogen-bond donors (Lipinski definition) is 1. The van der Waals surface area contributed by atoms with Gasteiger partial charge >= 0.3 is 0 Å². The van der Waals surface area contributed by atoms with Gasteiger partial charge in [0.2, 0.25) is 0 Å². The van der Waals surface area contributed by atoms with E-state index in [1.165, 1.54) is 0 Å². The first-order valence-corrected chi connectivity index (χ1v) is 10.9. The predicted molar refractivity (Wildman–Crippen MR) is 134 cm³/mol. The van der Waals surface area contributed by atoms with Gasteiger partial charge in [-0.15, -0.1) is 0 Å². The molecule has 6 heteroatoms. The first-order valence-electron chi connectivity index (χ1n) is 10.5. The van der Waals surface area contributed by atoms with Crippen molar-refractivity contribution in [2.75, 3.05) is 19.5 Å². The van der Waals surface area contributed by atoms with E-state index in [2.05, 4.69) is 11.4 Å². The Bertz CT molecular complexity index is 1360. The molecule has 0 fully saturated rings. The number of amides is 1. The normalized spacial score (nSPS) is 10.8. The molecule has 0 atom stereocenters. The van der Waals surface area contributed by atoms with Crippen LogP contribution in [0, 0.1) is 20.8 Å². The average Bonchev–Trinajstić information content (AvgIpc) is 2.79. The summed E-state index contributed by atoms with van der Waals surface area (Å²) >= 11 is 6.10. The molecule has 0 radical (unpaired) electrons. The van der Waals surface area contributed by atoms with Crippen LogP contribution in [0.1, 0.15) is 27.0 Å². The van der Waals surface area contributed by atoms with Crippen LogP contribution in [0.5, 0.6) is 11.5 Å². The molecule has 0 aliphatic heterocycles. The van der Waals surface area contributed by atoms with E-state index in [1.54, 1.807) is 32.4 Å². The van der Waals surface area contributed by atoms with Crippen molar-refractivity contribution < 1.29 is 14.3 Å². The van der Waals surface area contributed by atoms with Crippen molar-refractivity contribution in [3.63, 3.8) is 0 Å². The Morgan fingerprint density at radius 1 is 0.939 bits per heavy atom. The van der Waals surface area contributed by atoms with Gasteiger partial charge in [0.15, 0.2) is 0 Å². The smallest absolute Gasteiger partial charge is 0.256 e. The molecule has 3 aromatic carbocycles. The Balaban J connectivity index is 1.93. The van der Waals surface area contributed by atoms with Gasteiger partial charge < -0.3 is 14.8 Å². The molecule has 0 saturated carbocycles. The number of carbonyl (C=O) groups is 1. The van der Waals surface area contributed by atoms with Gasteiger partial charge in [0.1, 0.15) is 11.5 Å². The zero-order chi connectivity index (χ0) is 23.7. The Kier molecular flexibility index (Phi) is 6.25. The van der Waals surface area contributed by atoms with Crippen LogP contribution < -0.4 is 14.8 Å². The number of fused-ring (bicyclic) bond motifs is 1. The molecule has 0 unspecified atom stereocenters. The molecule has 0 bridgehead atoms. The second-order valence-corrected chi connectivity index (χ2v) is 8.40. The second-order valence-electron chi connectivity index (χ2n) is 7.97. The number of anilines is 1. The third-order valence-corrected chi connectivity index (χ3v) is 5.92. The fraction of sp³-hybridized carbons (Fsp3) is 0.185. The summed E-state index contributed by atoms with van der Waals surface area (Å²) in [6.45, 7) is 5.95. The van der Waals surface area contributed by atoms with E-state index in [-0.39, 0.29) is 5.91 Å². The van der Waals surface area contributed by atoms with Crippen LogP contribution in [-0.2, 0) is 0 Å². The van der Waals surface area contributed by atoms with E-state index in [0.29, 0.717) is 27.8 Å². The number of halogens is 1. The predicted octanol–water partition coefficient (Wildman–Crippen LogP) is 6.75. The number of carbonyl (C=O) groups excluding carboxylic acids is 1. The highest BCUT2D eigenvalue weighted by Gasteiger charge is 2.21. The lowest BCUT2D eigenvalue weighted by molar-refractivity contribution is 0.102. The molecule has 5 nitrogen and oxygen atoms in total. The molecule has 0 saturated heterocycles. The van der Waals surface area contributed by atoms with Crippen molar-refractivity contribution in [1.29, 1.82) is 0 Å². The number of benzene rings is 3. The zero-order valence-electron chi connectivity index (χ0n) is 19.2. The zero-order valence-corrected chi connectivity index (χ0v) is 20.0. The highest BCUT2D eigenvalue weighted by Crippen LogP contribution is 2.34. The Hall–Kier alpha value is -3.57. The number of pyridine rings is 1. The first kappa shape index (κ1) is 22.6. The van der Waals surface area contributed by atoms with Crippen LogP contribution in [0.15, 0.2) is 54.6 Å². The van der Waals surface area contributed by atoms with Crippen molar-refractivity contribution in [1.82, 2.24) is 4.98 Å². The standard InChI is InChI=1S/C27H25ClN2O3/c1-15-12-16(2)25-21(13-15)24(17(3)26(30-25)18-6-8-19(28)9-7-18)27(31)29-22-14-20(32-4)10-11-23(22)33-5/h6-14H,1-5H3,(H,29,31). The van der Waals surface area contributed by atoms with Crippen molar-refractivity contribution in [3.8, 4) is 22.8 Å². The Morgan fingerprint density at radius 2 is 1.67 bits per heavy atom. The Labute approximate surface area is 198 Å². The quantitative estimate of drug-likeness (QED) is 0.358. The first-order chi connectivity index (χ1) is 15.8. The molecule has 4 aromatic rings. The maximum absolute atomic E-state index is 13.7. The fourth-order valence-electron chi connectivity index (χ4n) is 4.09. The van der Waals surface area contributed by atoms with Crippen molar-refractivity contribution in [3.05, 3.63) is 81.9 Å². The third-order valence-electron chi connectivity index (χ3n) is 5.67. The van der Waals surface area contributed by atoms with E-state index < -0.39 is 0 Å². The van der Waals surface area contributed by atoms with E-state index in [1.807, 2.05) is 51.1 Å². The highest BCUT2D eigenvalue weighted by molar-refractivity contribution is 6.30. The minimum atomic E-state index is -0.244. The molecular weight excluding hydrogens is 436 g/mol. The molecule has 1 aromatic heterocycles. The van der Waals surface area contributed by atoms with Gasteiger partial charge in [0, 0.05) is 22.0 Å². The topological polar surface area (TPSA) is 60.5 Å². The van der Waals surface area contributed by atoms with Crippen LogP contribution in [0.4, 0.5) is 5.69 Å². The van der Waals surface area contributed by atoms with E-state index in [9.17, 15) is 4.79 Å². The molecular formula is C27H25ClN2O3. The summed E-state index contributed by atoms with van der Waals surface area (Å²) in [5.74, 6) is 0.924. The molecule has 0 spiro atoms. The van der Waals surface area contributed by atoms with Crippen molar-refractivity contribution >= 4 is 34.1 Å². The second kappa shape index (κ2) is 9.12. The maximum atomic E-state index is 13.7. The number of aryl methyl sites for hydroxylation is 2. The molecule has 168 valence electrons. The number of nitrogens with zero attached hydrogens (tertiary/aromatic N) is 1. The van der Waals surface area contributed by atoms with Crippen molar-refractivity contribution in [2.24, 2.45) is 0 Å². The van der Waals surface area contributed by atoms with Crippen molar-refractivity contribution in [2.45, 2.75) is 20.8 Å². The number of methoxy groups -OCH3 is 2. The minimum absolute atomic E-state index is 0.244. The molecule has 1 N–H and O–H groups in total. The van der Waals surface area contributed by atoms with Crippen LogP contribution in [0.2, 0.25) is 5.02 Å². The fourth-order valence-corrected chi connectivity index (χ4v) is 4.22. The SMILES string of the molecule is COc1ccc(OC)c(NC(=O)c2c(C)c(-c3ccc(Cl)cc3)nc3c(C)cc(C)cc23)c1. The summed E-state index contributed by atoms with van der Waals surface area (Å²) in [5.41, 5.74) is 6.39. The lowest BCUT2D eigenvalue weighted by atomic mass is 9.94. The summed E-state index contributed by atoms with van der Waals surface area (Å²) in [7, 11) is 3.15. The van der Waals surface area contributed by atoms with Crippen LogP contribution >= 0.6 is 11.6 Å². The molecule has 0 aliphatic carbocycles. The third kappa shape index (κ3) is 4.37. The Morgan fingerprint density at radius 3 is 2.33 bits per heavy atom. The van der Waals surface area contributed by atoms with Gasteiger partial charge in [-0.05, 0) is 62.2 Å².